The van der Waals surface area contributed by atoms with E-state index in [0.29, 0.717) is 29.0 Å². The number of aromatic nitrogens is 4. The van der Waals surface area contributed by atoms with Crippen LogP contribution in [0.1, 0.15) is 12.5 Å². The Balaban J connectivity index is 1.31. The van der Waals surface area contributed by atoms with Gasteiger partial charge in [-0.15, -0.1) is 0 Å². The van der Waals surface area contributed by atoms with E-state index in [4.69, 9.17) is 4.74 Å². The molecule has 1 unspecified atom stereocenters. The summed E-state index contributed by atoms with van der Waals surface area (Å²) in [5, 5.41) is 2.61. The molecule has 1 saturated heterocycles. The number of hydrogen-bond donors (Lipinski definition) is 2. The molecule has 1 aliphatic rings. The van der Waals surface area contributed by atoms with Gasteiger partial charge in [0.2, 0.25) is 5.91 Å². The summed E-state index contributed by atoms with van der Waals surface area (Å²) < 4.78 is 22.0. The van der Waals surface area contributed by atoms with Crippen molar-refractivity contribution < 1.29 is 18.7 Å². The van der Waals surface area contributed by atoms with Gasteiger partial charge >= 0.3 is 6.09 Å². The number of nitrogens with one attached hydrogen (secondary N) is 2. The number of rotatable bonds is 6. The van der Waals surface area contributed by atoms with E-state index in [2.05, 4.69) is 20.3 Å². The normalized spacial score (nSPS) is 15.4. The summed E-state index contributed by atoms with van der Waals surface area (Å²) >= 11 is 0. The van der Waals surface area contributed by atoms with Gasteiger partial charge < -0.3 is 19.6 Å². The summed E-state index contributed by atoms with van der Waals surface area (Å²) in [6, 6.07) is 11.9. The van der Waals surface area contributed by atoms with Crippen LogP contribution in [0, 0.1) is 5.82 Å². The SMILES string of the molecule is CC(=O)NCC1CN(c2ccc(-c3ccc(Cn4cnc5c(=O)[nH]cnc54)cc3)c(F)c2)C(=O)O1. The minimum atomic E-state index is -0.583. The number of ether oxygens (including phenoxy) is 1. The molecule has 178 valence electrons. The lowest BCUT2D eigenvalue weighted by atomic mass is 10.0. The second-order valence-corrected chi connectivity index (χ2v) is 8.19. The van der Waals surface area contributed by atoms with Crippen molar-refractivity contribution in [2.75, 3.05) is 18.0 Å². The Morgan fingerprint density at radius 2 is 2.00 bits per heavy atom. The van der Waals surface area contributed by atoms with Gasteiger partial charge in [0.15, 0.2) is 11.2 Å². The molecule has 10 nitrogen and oxygen atoms in total. The lowest BCUT2D eigenvalue weighted by molar-refractivity contribution is -0.119. The van der Waals surface area contributed by atoms with Gasteiger partial charge in [-0.25, -0.2) is 19.2 Å². The first-order valence-corrected chi connectivity index (χ1v) is 10.9. The molecule has 1 aliphatic heterocycles. The summed E-state index contributed by atoms with van der Waals surface area (Å²) in [6.07, 6.45) is 1.82. The van der Waals surface area contributed by atoms with Crippen LogP contribution >= 0.6 is 0 Å². The average molecular weight is 476 g/mol. The number of nitrogens with zero attached hydrogens (tertiary/aromatic N) is 4. The Hall–Kier alpha value is -4.54. The minimum Gasteiger partial charge on any atom is -0.442 e. The summed E-state index contributed by atoms with van der Waals surface area (Å²) in [6.45, 7) is 2.25. The van der Waals surface area contributed by atoms with Crippen LogP contribution in [-0.4, -0.2) is 50.7 Å². The summed E-state index contributed by atoms with van der Waals surface area (Å²) in [4.78, 5) is 47.2. The molecule has 1 fully saturated rings. The highest BCUT2D eigenvalue weighted by atomic mass is 19.1. The molecule has 4 aromatic rings. The molecule has 2 N–H and O–H groups in total. The molecule has 0 radical (unpaired) electrons. The number of imidazole rings is 1. The Kier molecular flexibility index (Phi) is 5.73. The molecule has 35 heavy (non-hydrogen) atoms. The number of carbonyl (C=O) groups is 2. The van der Waals surface area contributed by atoms with Crippen molar-refractivity contribution in [1.82, 2.24) is 24.8 Å². The molecule has 2 aromatic carbocycles. The molecular weight excluding hydrogens is 455 g/mol. The van der Waals surface area contributed by atoms with E-state index in [1.54, 1.807) is 35.2 Å². The first kappa shape index (κ1) is 22.3. The number of carbonyl (C=O) groups excluding carboxylic acids is 2. The maximum absolute atomic E-state index is 15.0. The van der Waals surface area contributed by atoms with E-state index in [1.165, 1.54) is 24.2 Å². The van der Waals surface area contributed by atoms with E-state index >= 15 is 0 Å². The number of anilines is 1. The van der Waals surface area contributed by atoms with Crippen LogP contribution in [0.5, 0.6) is 0 Å². The van der Waals surface area contributed by atoms with Gasteiger partial charge in [0.05, 0.1) is 38.0 Å². The van der Waals surface area contributed by atoms with Crippen LogP contribution in [-0.2, 0) is 16.1 Å². The molecule has 1 atom stereocenters. The third-order valence-corrected chi connectivity index (χ3v) is 5.74. The molecule has 2 aromatic heterocycles. The number of amides is 2. The Morgan fingerprint density at radius 1 is 1.20 bits per heavy atom. The van der Waals surface area contributed by atoms with Gasteiger partial charge in [0, 0.05) is 12.5 Å². The van der Waals surface area contributed by atoms with Crippen molar-refractivity contribution in [3.8, 4) is 11.1 Å². The smallest absolute Gasteiger partial charge is 0.414 e. The fraction of sp³-hybridized carbons (Fsp3) is 0.208. The lowest BCUT2D eigenvalue weighted by Crippen LogP contribution is -2.33. The van der Waals surface area contributed by atoms with E-state index in [-0.39, 0.29) is 30.1 Å². The fourth-order valence-electron chi connectivity index (χ4n) is 4.00. The maximum atomic E-state index is 15.0. The molecule has 0 aliphatic carbocycles. The first-order valence-electron chi connectivity index (χ1n) is 10.9. The number of H-pyrrole nitrogens is 1. The molecule has 0 saturated carbocycles. The lowest BCUT2D eigenvalue weighted by Gasteiger charge is -2.15. The van der Waals surface area contributed by atoms with Crippen LogP contribution in [0.25, 0.3) is 22.3 Å². The van der Waals surface area contributed by atoms with Gasteiger partial charge in [0.25, 0.3) is 5.56 Å². The van der Waals surface area contributed by atoms with Crippen molar-refractivity contribution in [1.29, 1.82) is 0 Å². The van der Waals surface area contributed by atoms with Crippen LogP contribution in [0.15, 0.2) is 59.9 Å². The van der Waals surface area contributed by atoms with Gasteiger partial charge in [-0.3, -0.25) is 14.5 Å². The molecule has 0 bridgehead atoms. The van der Waals surface area contributed by atoms with Crippen LogP contribution in [0.3, 0.4) is 0 Å². The van der Waals surface area contributed by atoms with Crippen LogP contribution in [0.4, 0.5) is 14.9 Å². The molecule has 2 amide bonds. The first-order chi connectivity index (χ1) is 16.9. The number of halogens is 1. The van der Waals surface area contributed by atoms with Crippen LogP contribution < -0.4 is 15.8 Å². The van der Waals surface area contributed by atoms with Crippen molar-refractivity contribution in [3.05, 3.63) is 76.9 Å². The minimum absolute atomic E-state index is 0.200. The highest BCUT2D eigenvalue weighted by molar-refractivity contribution is 5.90. The van der Waals surface area contributed by atoms with Crippen molar-refractivity contribution in [2.24, 2.45) is 0 Å². The third kappa shape index (κ3) is 4.47. The van der Waals surface area contributed by atoms with Gasteiger partial charge in [-0.1, -0.05) is 24.3 Å². The summed E-state index contributed by atoms with van der Waals surface area (Å²) in [5.74, 6) is -0.691. The molecule has 3 heterocycles. The molecule has 5 rings (SSSR count). The van der Waals surface area contributed by atoms with Gasteiger partial charge in [-0.2, -0.15) is 0 Å². The molecular formula is C24H21FN6O4. The Morgan fingerprint density at radius 3 is 2.74 bits per heavy atom. The predicted molar refractivity (Wildman–Crippen MR) is 125 cm³/mol. The number of fused-ring (bicyclic) bond motifs is 1. The highest BCUT2D eigenvalue weighted by Gasteiger charge is 2.32. The van der Waals surface area contributed by atoms with Crippen molar-refractivity contribution in [2.45, 2.75) is 19.6 Å². The van der Waals surface area contributed by atoms with Crippen LogP contribution in [0.2, 0.25) is 0 Å². The monoisotopic (exact) mass is 476 g/mol. The number of hydrogen-bond acceptors (Lipinski definition) is 6. The fourth-order valence-corrected chi connectivity index (χ4v) is 4.00. The zero-order chi connectivity index (χ0) is 24.5. The topological polar surface area (TPSA) is 122 Å². The zero-order valence-electron chi connectivity index (χ0n) is 18.7. The van der Waals surface area contributed by atoms with Gasteiger partial charge in [-0.05, 0) is 29.3 Å². The van der Waals surface area contributed by atoms with E-state index in [1.807, 2.05) is 12.1 Å². The Labute approximate surface area is 198 Å². The number of benzene rings is 2. The number of cyclic esters (lactones) is 1. The van der Waals surface area contributed by atoms with Gasteiger partial charge in [0.1, 0.15) is 11.9 Å². The zero-order valence-corrected chi connectivity index (χ0v) is 18.7. The van der Waals surface area contributed by atoms with E-state index < -0.39 is 18.0 Å². The highest BCUT2D eigenvalue weighted by Crippen LogP contribution is 2.29. The van der Waals surface area contributed by atoms with Crippen molar-refractivity contribution >= 4 is 28.9 Å². The van der Waals surface area contributed by atoms with E-state index in [9.17, 15) is 18.8 Å². The number of aromatic amines is 1. The maximum Gasteiger partial charge on any atom is 0.414 e. The average Bonchev–Trinajstić information content (AvgIpc) is 3.42. The second-order valence-electron chi connectivity index (χ2n) is 8.19. The molecule has 11 heteroatoms. The predicted octanol–water partition coefficient (Wildman–Crippen LogP) is 2.44. The van der Waals surface area contributed by atoms with E-state index in [0.717, 1.165) is 5.56 Å². The van der Waals surface area contributed by atoms with Crippen molar-refractivity contribution in [3.63, 3.8) is 0 Å². The third-order valence-electron chi connectivity index (χ3n) is 5.74. The Bertz CT molecular complexity index is 1480. The summed E-state index contributed by atoms with van der Waals surface area (Å²) in [7, 11) is 0. The standard InChI is InChI=1S/C24H21FN6O4/c1-14(32)26-9-18-11-31(24(34)35-18)17-6-7-19(20(25)8-17)16-4-2-15(3-5-16)10-30-13-29-21-22(30)27-12-28-23(21)33/h2-8,12-13,18H,9-11H2,1H3,(H,26,32)(H,27,28,33). The second kappa shape index (κ2) is 9.01. The quantitative estimate of drug-likeness (QED) is 0.441. The largest absolute Gasteiger partial charge is 0.442 e. The molecule has 0 spiro atoms. The summed E-state index contributed by atoms with van der Waals surface area (Å²) in [5.41, 5.74) is 2.84.